The van der Waals surface area contributed by atoms with Crippen LogP contribution in [-0.2, 0) is 6.54 Å². The Morgan fingerprint density at radius 3 is 2.13 bits per heavy atom. The highest BCUT2D eigenvalue weighted by Crippen LogP contribution is 2.24. The zero-order valence-corrected chi connectivity index (χ0v) is 12.0. The minimum absolute atomic E-state index is 0.0631. The second-order valence-electron chi connectivity index (χ2n) is 5.32. The number of hydrogen-bond acceptors (Lipinski definition) is 4. The maximum Gasteiger partial charge on any atom is 0.261 e. The minimum atomic E-state index is -0.374. The second-order valence-corrected chi connectivity index (χ2v) is 5.32. The predicted molar refractivity (Wildman–Crippen MR) is 83.1 cm³/mol. The number of nitrogens with zero attached hydrogens (tertiary/aromatic N) is 1. The van der Waals surface area contributed by atoms with Crippen LogP contribution in [0, 0.1) is 0 Å². The fraction of sp³-hybridized carbons (Fsp3) is 0.0556. The van der Waals surface area contributed by atoms with Crippen LogP contribution in [0.15, 0.2) is 63.8 Å². The predicted octanol–water partition coefficient (Wildman–Crippen LogP) is 2.59. The molecule has 2 heterocycles. The van der Waals surface area contributed by atoms with Crippen LogP contribution in [-0.4, -0.2) is 16.7 Å². The van der Waals surface area contributed by atoms with Crippen molar-refractivity contribution >= 4 is 22.8 Å². The molecule has 0 atom stereocenters. The molecule has 1 aromatic heterocycles. The van der Waals surface area contributed by atoms with Gasteiger partial charge in [-0.3, -0.25) is 19.3 Å². The Labute approximate surface area is 130 Å². The first-order valence-corrected chi connectivity index (χ1v) is 7.12. The molecule has 0 fully saturated rings. The molecule has 0 unspecified atom stereocenters. The summed E-state index contributed by atoms with van der Waals surface area (Å²) >= 11 is 0. The molecule has 4 rings (SSSR count). The summed E-state index contributed by atoms with van der Waals surface area (Å²) in [5.41, 5.74) is 0.992. The first-order chi connectivity index (χ1) is 11.1. The molecule has 5 nitrogen and oxygen atoms in total. The normalized spacial score (nSPS) is 13.7. The van der Waals surface area contributed by atoms with Crippen LogP contribution in [0.5, 0.6) is 0 Å². The second kappa shape index (κ2) is 4.91. The Hall–Kier alpha value is -3.21. The van der Waals surface area contributed by atoms with Crippen molar-refractivity contribution in [2.45, 2.75) is 6.54 Å². The molecule has 0 radical (unpaired) electrons. The number of carbonyl (C=O) groups excluding carboxylic acids is 2. The Balaban J connectivity index is 1.74. The average molecular weight is 305 g/mol. The van der Waals surface area contributed by atoms with E-state index in [0.29, 0.717) is 22.1 Å². The summed E-state index contributed by atoms with van der Waals surface area (Å²) in [5.74, 6) is -0.467. The lowest BCUT2D eigenvalue weighted by Crippen LogP contribution is -2.29. The molecule has 5 heteroatoms. The van der Waals surface area contributed by atoms with E-state index in [4.69, 9.17) is 4.42 Å². The van der Waals surface area contributed by atoms with E-state index in [0.717, 1.165) is 4.90 Å². The lowest BCUT2D eigenvalue weighted by atomic mass is 10.1. The van der Waals surface area contributed by atoms with Crippen molar-refractivity contribution < 1.29 is 14.0 Å². The summed E-state index contributed by atoms with van der Waals surface area (Å²) < 4.78 is 5.65. The van der Waals surface area contributed by atoms with Crippen molar-refractivity contribution in [1.29, 1.82) is 0 Å². The van der Waals surface area contributed by atoms with E-state index in [2.05, 4.69) is 0 Å². The SMILES string of the molecule is O=C1c2ccccc2C(=O)N1Cc1cc(=O)c2ccccc2o1. The minimum Gasteiger partial charge on any atom is -0.459 e. The van der Waals surface area contributed by atoms with E-state index in [-0.39, 0.29) is 29.5 Å². The van der Waals surface area contributed by atoms with E-state index < -0.39 is 0 Å². The van der Waals surface area contributed by atoms with E-state index >= 15 is 0 Å². The van der Waals surface area contributed by atoms with Crippen LogP contribution in [0.25, 0.3) is 11.0 Å². The Kier molecular flexibility index (Phi) is 2.87. The number of rotatable bonds is 2. The van der Waals surface area contributed by atoms with Crippen LogP contribution in [0.2, 0.25) is 0 Å². The van der Waals surface area contributed by atoms with Crippen molar-refractivity contribution in [1.82, 2.24) is 4.90 Å². The van der Waals surface area contributed by atoms with E-state index in [1.807, 2.05) is 0 Å². The number of amides is 2. The first-order valence-electron chi connectivity index (χ1n) is 7.12. The number of imide groups is 1. The van der Waals surface area contributed by atoms with Gasteiger partial charge < -0.3 is 4.42 Å². The van der Waals surface area contributed by atoms with Gasteiger partial charge in [-0.15, -0.1) is 0 Å². The van der Waals surface area contributed by atoms with Crippen LogP contribution in [0.1, 0.15) is 26.5 Å². The highest BCUT2D eigenvalue weighted by atomic mass is 16.3. The molecule has 2 amide bonds. The van der Waals surface area contributed by atoms with Crippen molar-refractivity contribution in [3.05, 3.63) is 81.7 Å². The monoisotopic (exact) mass is 305 g/mol. The molecule has 0 spiro atoms. The van der Waals surface area contributed by atoms with Gasteiger partial charge in [-0.05, 0) is 24.3 Å². The molecule has 0 bridgehead atoms. The molecule has 3 aromatic rings. The van der Waals surface area contributed by atoms with Gasteiger partial charge in [0.2, 0.25) is 0 Å². The van der Waals surface area contributed by atoms with E-state index in [9.17, 15) is 14.4 Å². The summed E-state index contributed by atoms with van der Waals surface area (Å²) in [6, 6.07) is 14.9. The Morgan fingerprint density at radius 1 is 0.826 bits per heavy atom. The zero-order valence-electron chi connectivity index (χ0n) is 12.0. The van der Waals surface area contributed by atoms with Gasteiger partial charge in [0.15, 0.2) is 5.43 Å². The van der Waals surface area contributed by atoms with E-state index in [1.54, 1.807) is 48.5 Å². The summed E-state index contributed by atoms with van der Waals surface area (Å²) in [5, 5.41) is 0.471. The first kappa shape index (κ1) is 13.5. The number of fused-ring (bicyclic) bond motifs is 2. The molecule has 0 aliphatic carbocycles. The summed E-state index contributed by atoms with van der Waals surface area (Å²) in [6.45, 7) is -0.0631. The van der Waals surface area contributed by atoms with Gasteiger partial charge in [0, 0.05) is 6.07 Å². The maximum absolute atomic E-state index is 12.3. The van der Waals surface area contributed by atoms with Gasteiger partial charge in [0.25, 0.3) is 11.8 Å². The fourth-order valence-electron chi connectivity index (χ4n) is 2.77. The molecular weight excluding hydrogens is 294 g/mol. The fourth-order valence-corrected chi connectivity index (χ4v) is 2.77. The highest BCUT2D eigenvalue weighted by molar-refractivity contribution is 6.21. The van der Waals surface area contributed by atoms with Gasteiger partial charge in [-0.25, -0.2) is 0 Å². The van der Waals surface area contributed by atoms with Gasteiger partial charge >= 0.3 is 0 Å². The van der Waals surface area contributed by atoms with Crippen LogP contribution in [0.4, 0.5) is 0 Å². The molecule has 2 aromatic carbocycles. The third kappa shape index (κ3) is 2.05. The molecule has 0 saturated heterocycles. The summed E-state index contributed by atoms with van der Waals surface area (Å²) in [6.07, 6.45) is 0. The Morgan fingerprint density at radius 2 is 1.43 bits per heavy atom. The summed E-state index contributed by atoms with van der Waals surface area (Å²) in [7, 11) is 0. The van der Waals surface area contributed by atoms with Crippen molar-refractivity contribution in [2.24, 2.45) is 0 Å². The van der Waals surface area contributed by atoms with Gasteiger partial charge in [0.1, 0.15) is 11.3 Å². The molecule has 23 heavy (non-hydrogen) atoms. The third-order valence-corrected chi connectivity index (χ3v) is 3.88. The molecular formula is C18H11NO4. The number of hydrogen-bond donors (Lipinski definition) is 0. The van der Waals surface area contributed by atoms with Crippen molar-refractivity contribution in [2.75, 3.05) is 0 Å². The lowest BCUT2D eigenvalue weighted by molar-refractivity contribution is 0.0631. The van der Waals surface area contributed by atoms with Crippen LogP contribution >= 0.6 is 0 Å². The standard InChI is InChI=1S/C18H11NO4/c20-15-9-11(23-16-8-4-3-7-14(15)16)10-19-17(21)12-5-1-2-6-13(12)18(19)22/h1-9H,10H2. The van der Waals surface area contributed by atoms with Crippen molar-refractivity contribution in [3.63, 3.8) is 0 Å². The molecule has 1 aliphatic heterocycles. The quantitative estimate of drug-likeness (QED) is 0.682. The summed E-state index contributed by atoms with van der Waals surface area (Å²) in [4.78, 5) is 37.9. The molecule has 0 N–H and O–H groups in total. The smallest absolute Gasteiger partial charge is 0.261 e. The maximum atomic E-state index is 12.3. The zero-order chi connectivity index (χ0) is 16.0. The number of benzene rings is 2. The van der Waals surface area contributed by atoms with Crippen molar-refractivity contribution in [3.8, 4) is 0 Å². The van der Waals surface area contributed by atoms with Gasteiger partial charge in [-0.2, -0.15) is 0 Å². The van der Waals surface area contributed by atoms with Crippen LogP contribution < -0.4 is 5.43 Å². The molecule has 112 valence electrons. The average Bonchev–Trinajstić information content (AvgIpc) is 2.81. The molecule has 0 saturated carbocycles. The highest BCUT2D eigenvalue weighted by Gasteiger charge is 2.35. The number of para-hydroxylation sites is 1. The topological polar surface area (TPSA) is 67.6 Å². The lowest BCUT2D eigenvalue weighted by Gasteiger charge is -2.13. The molecule has 1 aliphatic rings. The van der Waals surface area contributed by atoms with Crippen LogP contribution in [0.3, 0.4) is 0 Å². The Bertz CT molecular complexity index is 984. The van der Waals surface area contributed by atoms with Gasteiger partial charge in [0.05, 0.1) is 23.1 Å². The largest absolute Gasteiger partial charge is 0.459 e. The van der Waals surface area contributed by atoms with E-state index in [1.165, 1.54) is 6.07 Å². The third-order valence-electron chi connectivity index (χ3n) is 3.88. The van der Waals surface area contributed by atoms with Gasteiger partial charge in [-0.1, -0.05) is 24.3 Å². The number of carbonyl (C=O) groups is 2.